The van der Waals surface area contributed by atoms with Crippen LogP contribution in [0.25, 0.3) is 6.20 Å². The average Bonchev–Trinajstić information content (AvgIpc) is 2.74. The molecule has 0 saturated carbocycles. The fourth-order valence-corrected chi connectivity index (χ4v) is 3.08. The highest BCUT2D eigenvalue weighted by atomic mass is 35.5. The first-order valence-electron chi connectivity index (χ1n) is 6.19. The van der Waals surface area contributed by atoms with E-state index in [0.717, 1.165) is 11.5 Å². The van der Waals surface area contributed by atoms with Crippen LogP contribution in [0.3, 0.4) is 0 Å². The van der Waals surface area contributed by atoms with Crippen LogP contribution in [0.15, 0.2) is 33.7 Å². The van der Waals surface area contributed by atoms with Crippen LogP contribution in [0, 0.1) is 0 Å². The van der Waals surface area contributed by atoms with Crippen molar-refractivity contribution < 1.29 is 0 Å². The zero-order valence-corrected chi connectivity index (χ0v) is 14.9. The van der Waals surface area contributed by atoms with Crippen molar-refractivity contribution in [2.45, 2.75) is 26.2 Å². The van der Waals surface area contributed by atoms with Gasteiger partial charge in [-0.1, -0.05) is 55.6 Å². The van der Waals surface area contributed by atoms with E-state index in [2.05, 4.69) is 30.7 Å². The standard InChI is InChI=1S/C14H14Cl3N3S/c1-14(2,3)12-19-13(21-20(12)8-11(16)17)18-10-6-4-9(15)5-7-10/h4-8H,1-3H3. The minimum Gasteiger partial charge on any atom is -0.254 e. The largest absolute Gasteiger partial charge is 0.254 e. The third-order valence-corrected chi connectivity index (χ3v) is 3.80. The molecule has 0 saturated heterocycles. The molecule has 0 aliphatic carbocycles. The Labute approximate surface area is 142 Å². The smallest absolute Gasteiger partial charge is 0.228 e. The number of hydrogen-bond donors (Lipinski definition) is 0. The van der Waals surface area contributed by atoms with E-state index in [9.17, 15) is 0 Å². The van der Waals surface area contributed by atoms with E-state index >= 15 is 0 Å². The van der Waals surface area contributed by atoms with Crippen molar-refractivity contribution in [1.29, 1.82) is 0 Å². The molecule has 7 heteroatoms. The van der Waals surface area contributed by atoms with Gasteiger partial charge in [-0.2, -0.15) is 0 Å². The lowest BCUT2D eigenvalue weighted by atomic mass is 9.96. The van der Waals surface area contributed by atoms with E-state index in [0.29, 0.717) is 9.82 Å². The summed E-state index contributed by atoms with van der Waals surface area (Å²) in [6, 6.07) is 7.27. The summed E-state index contributed by atoms with van der Waals surface area (Å²) in [5, 5.41) is 0.676. The number of halogens is 3. The van der Waals surface area contributed by atoms with Gasteiger partial charge in [0.2, 0.25) is 4.80 Å². The van der Waals surface area contributed by atoms with Crippen LogP contribution < -0.4 is 4.80 Å². The average molecular weight is 363 g/mol. The molecule has 112 valence electrons. The molecule has 2 aromatic rings. The second-order valence-electron chi connectivity index (χ2n) is 5.39. The molecule has 2 rings (SSSR count). The Bertz CT molecular complexity index is 717. The third kappa shape index (κ3) is 4.58. The maximum Gasteiger partial charge on any atom is 0.228 e. The fraction of sp³-hybridized carbons (Fsp3) is 0.286. The monoisotopic (exact) mass is 361 g/mol. The SMILES string of the molecule is CC(C)(C)c1nc(=Nc2ccc(Cl)cc2)sn1C=C(Cl)Cl. The molecule has 0 spiro atoms. The third-order valence-electron chi connectivity index (χ3n) is 2.53. The maximum atomic E-state index is 5.87. The highest BCUT2D eigenvalue weighted by molar-refractivity contribution is 7.04. The van der Waals surface area contributed by atoms with Crippen molar-refractivity contribution in [3.63, 3.8) is 0 Å². The molecule has 0 N–H and O–H groups in total. The van der Waals surface area contributed by atoms with Crippen LogP contribution in [-0.4, -0.2) is 8.94 Å². The van der Waals surface area contributed by atoms with Gasteiger partial charge in [-0.05, 0) is 35.8 Å². The molecule has 0 aliphatic rings. The summed E-state index contributed by atoms with van der Waals surface area (Å²) in [6.07, 6.45) is 1.63. The Kier molecular flexibility index (Phi) is 5.15. The Hall–Kier alpha value is -0.810. The van der Waals surface area contributed by atoms with Gasteiger partial charge in [-0.25, -0.2) is 9.98 Å². The fourth-order valence-electron chi connectivity index (χ4n) is 1.64. The van der Waals surface area contributed by atoms with Crippen LogP contribution in [0.1, 0.15) is 26.6 Å². The van der Waals surface area contributed by atoms with Crippen LogP contribution in [-0.2, 0) is 5.41 Å². The van der Waals surface area contributed by atoms with Gasteiger partial charge < -0.3 is 0 Å². The lowest BCUT2D eigenvalue weighted by molar-refractivity contribution is 0.543. The normalized spacial score (nSPS) is 12.6. The topological polar surface area (TPSA) is 30.2 Å². The van der Waals surface area contributed by atoms with Crippen LogP contribution in [0.4, 0.5) is 5.69 Å². The molecule has 0 bridgehead atoms. The predicted octanol–water partition coefficient (Wildman–Crippen LogP) is 5.36. The highest BCUT2D eigenvalue weighted by Gasteiger charge is 2.21. The van der Waals surface area contributed by atoms with Crippen molar-refractivity contribution in [3.05, 3.63) is 44.4 Å². The molecule has 1 aromatic carbocycles. The van der Waals surface area contributed by atoms with Crippen molar-refractivity contribution in [3.8, 4) is 0 Å². The number of nitrogens with zero attached hydrogens (tertiary/aromatic N) is 3. The molecule has 0 atom stereocenters. The first-order chi connectivity index (χ1) is 9.75. The van der Waals surface area contributed by atoms with Gasteiger partial charge >= 0.3 is 0 Å². The van der Waals surface area contributed by atoms with Crippen molar-refractivity contribution in [2.24, 2.45) is 4.99 Å². The number of hydrogen-bond acceptors (Lipinski definition) is 3. The summed E-state index contributed by atoms with van der Waals surface area (Å²) in [4.78, 5) is 9.70. The first kappa shape index (κ1) is 16.6. The molecule has 3 nitrogen and oxygen atoms in total. The summed E-state index contributed by atoms with van der Waals surface area (Å²) in [5.41, 5.74) is 0.644. The van der Waals surface area contributed by atoms with Crippen LogP contribution in [0.2, 0.25) is 5.02 Å². The van der Waals surface area contributed by atoms with Gasteiger partial charge in [0.05, 0.1) is 11.9 Å². The Morgan fingerprint density at radius 2 is 1.86 bits per heavy atom. The van der Waals surface area contributed by atoms with Crippen LogP contribution in [0.5, 0.6) is 0 Å². The zero-order valence-electron chi connectivity index (χ0n) is 11.8. The summed E-state index contributed by atoms with van der Waals surface area (Å²) < 4.78 is 2.01. The summed E-state index contributed by atoms with van der Waals surface area (Å²) in [6.45, 7) is 6.21. The van der Waals surface area contributed by atoms with Crippen molar-refractivity contribution in [1.82, 2.24) is 8.94 Å². The van der Waals surface area contributed by atoms with Gasteiger partial charge in [0.1, 0.15) is 10.3 Å². The van der Waals surface area contributed by atoms with E-state index in [1.165, 1.54) is 11.5 Å². The molecule has 0 aliphatic heterocycles. The van der Waals surface area contributed by atoms with E-state index < -0.39 is 0 Å². The van der Waals surface area contributed by atoms with E-state index in [1.54, 1.807) is 18.3 Å². The second kappa shape index (κ2) is 6.53. The van der Waals surface area contributed by atoms with Crippen LogP contribution >= 0.6 is 46.3 Å². The van der Waals surface area contributed by atoms with E-state index in [-0.39, 0.29) is 9.91 Å². The summed E-state index contributed by atoms with van der Waals surface area (Å²) in [5.74, 6) is 0.846. The van der Waals surface area contributed by atoms with E-state index in [1.807, 2.05) is 16.1 Å². The molecule has 0 unspecified atom stereocenters. The molecule has 0 fully saturated rings. The maximum absolute atomic E-state index is 5.87. The lowest BCUT2D eigenvalue weighted by Gasteiger charge is -2.16. The molecule has 21 heavy (non-hydrogen) atoms. The summed E-state index contributed by atoms with van der Waals surface area (Å²) in [7, 11) is 0. The number of benzene rings is 1. The Balaban J connectivity index is 2.53. The molecule has 1 heterocycles. The quantitative estimate of drug-likeness (QED) is 0.707. The zero-order chi connectivity index (χ0) is 15.6. The molecular weight excluding hydrogens is 349 g/mol. The molecule has 1 aromatic heterocycles. The number of rotatable bonds is 2. The minimum atomic E-state index is -0.149. The number of aromatic nitrogens is 2. The van der Waals surface area contributed by atoms with E-state index in [4.69, 9.17) is 34.8 Å². The van der Waals surface area contributed by atoms with Gasteiger partial charge in [0, 0.05) is 10.4 Å². The lowest BCUT2D eigenvalue weighted by Crippen LogP contribution is -2.17. The van der Waals surface area contributed by atoms with Gasteiger partial charge in [0.15, 0.2) is 0 Å². The predicted molar refractivity (Wildman–Crippen MR) is 91.5 cm³/mol. The first-order valence-corrected chi connectivity index (χ1v) is 8.10. The summed E-state index contributed by atoms with van der Waals surface area (Å²) >= 11 is 18.8. The second-order valence-corrected chi connectivity index (χ2v) is 7.78. The minimum absolute atomic E-state index is 0.149. The Morgan fingerprint density at radius 3 is 2.38 bits per heavy atom. The van der Waals surface area contributed by atoms with Gasteiger partial charge in [0.25, 0.3) is 0 Å². The molecular formula is C14H14Cl3N3S. The molecule has 0 radical (unpaired) electrons. The molecule has 0 amide bonds. The van der Waals surface area contributed by atoms with Gasteiger partial charge in [-0.3, -0.25) is 3.96 Å². The Morgan fingerprint density at radius 1 is 1.24 bits per heavy atom. The van der Waals surface area contributed by atoms with Crippen molar-refractivity contribution >= 4 is 58.2 Å². The van der Waals surface area contributed by atoms with Crippen molar-refractivity contribution in [2.75, 3.05) is 0 Å². The van der Waals surface area contributed by atoms with Gasteiger partial charge in [-0.15, -0.1) is 0 Å². The highest BCUT2D eigenvalue weighted by Crippen LogP contribution is 2.23.